The van der Waals surface area contributed by atoms with Crippen LogP contribution in [0.2, 0.25) is 0 Å². The first-order valence-corrected chi connectivity index (χ1v) is 7.82. The summed E-state index contributed by atoms with van der Waals surface area (Å²) in [5, 5.41) is 12.4. The monoisotopic (exact) mass is 302 g/mol. The van der Waals surface area contributed by atoms with Gasteiger partial charge in [-0.05, 0) is 37.8 Å². The van der Waals surface area contributed by atoms with Gasteiger partial charge in [-0.25, -0.2) is 0 Å². The summed E-state index contributed by atoms with van der Waals surface area (Å²) in [4.78, 5) is 25.8. The van der Waals surface area contributed by atoms with Crippen molar-refractivity contribution in [2.45, 2.75) is 26.2 Å². The van der Waals surface area contributed by atoms with Gasteiger partial charge in [0.2, 0.25) is 5.91 Å². The van der Waals surface area contributed by atoms with Gasteiger partial charge in [-0.15, -0.1) is 0 Å². The number of likely N-dealkylation sites (tertiary alicyclic amines) is 1. The first kappa shape index (κ1) is 15.0. The Morgan fingerprint density at radius 3 is 2.73 bits per heavy atom. The molecule has 22 heavy (non-hydrogen) atoms. The quantitative estimate of drug-likeness (QED) is 0.894. The van der Waals surface area contributed by atoms with Gasteiger partial charge in [0.15, 0.2) is 0 Å². The molecule has 2 atom stereocenters. The number of rotatable bonds is 4. The second kappa shape index (κ2) is 5.72. The Morgan fingerprint density at radius 1 is 1.36 bits per heavy atom. The number of nitrogens with zero attached hydrogens (tertiary/aromatic N) is 1. The number of benzene rings is 1. The summed E-state index contributed by atoms with van der Waals surface area (Å²) in [7, 11) is 0. The van der Waals surface area contributed by atoms with Crippen LogP contribution < -0.4 is 5.32 Å². The molecule has 1 aromatic rings. The summed E-state index contributed by atoms with van der Waals surface area (Å²) in [6.45, 7) is 3.47. The number of hydrogen-bond donors (Lipinski definition) is 2. The van der Waals surface area contributed by atoms with Gasteiger partial charge < -0.3 is 10.4 Å². The Kier molecular flexibility index (Phi) is 3.91. The van der Waals surface area contributed by atoms with Crippen molar-refractivity contribution in [3.05, 3.63) is 29.8 Å². The van der Waals surface area contributed by atoms with Crippen LogP contribution in [0.15, 0.2) is 24.3 Å². The van der Waals surface area contributed by atoms with Crippen molar-refractivity contribution < 1.29 is 14.7 Å². The highest BCUT2D eigenvalue weighted by atomic mass is 16.4. The first-order chi connectivity index (χ1) is 10.5. The third-order valence-corrected chi connectivity index (χ3v) is 5.07. The van der Waals surface area contributed by atoms with E-state index < -0.39 is 11.4 Å². The Balaban J connectivity index is 1.59. The summed E-state index contributed by atoms with van der Waals surface area (Å²) >= 11 is 0. The van der Waals surface area contributed by atoms with Gasteiger partial charge >= 0.3 is 5.97 Å². The van der Waals surface area contributed by atoms with Crippen LogP contribution in [-0.4, -0.2) is 41.5 Å². The minimum Gasteiger partial charge on any atom is -0.481 e. The normalized spacial score (nSPS) is 27.6. The number of aliphatic carboxylic acids is 1. The van der Waals surface area contributed by atoms with Crippen LogP contribution in [-0.2, 0) is 9.59 Å². The van der Waals surface area contributed by atoms with Crippen LogP contribution in [0.3, 0.4) is 0 Å². The summed E-state index contributed by atoms with van der Waals surface area (Å²) in [5.74, 6) is -0.585. The van der Waals surface area contributed by atoms with Crippen molar-refractivity contribution in [1.82, 2.24) is 4.90 Å². The molecule has 1 aliphatic heterocycles. The van der Waals surface area contributed by atoms with Gasteiger partial charge in [-0.2, -0.15) is 0 Å². The molecule has 5 heteroatoms. The third-order valence-electron chi connectivity index (χ3n) is 5.07. The van der Waals surface area contributed by atoms with Crippen LogP contribution in [0.25, 0.3) is 0 Å². The van der Waals surface area contributed by atoms with E-state index in [-0.39, 0.29) is 18.4 Å². The van der Waals surface area contributed by atoms with Gasteiger partial charge in [-0.3, -0.25) is 14.5 Å². The van der Waals surface area contributed by atoms with Crippen LogP contribution in [0, 0.1) is 18.3 Å². The van der Waals surface area contributed by atoms with Crippen LogP contribution in [0.1, 0.15) is 24.8 Å². The van der Waals surface area contributed by atoms with Crippen molar-refractivity contribution in [1.29, 1.82) is 0 Å². The highest BCUT2D eigenvalue weighted by molar-refractivity contribution is 5.92. The second-order valence-corrected chi connectivity index (χ2v) is 6.63. The molecular formula is C17H22N2O3. The lowest BCUT2D eigenvalue weighted by atomic mass is 9.81. The van der Waals surface area contributed by atoms with Gasteiger partial charge in [0.1, 0.15) is 0 Å². The highest BCUT2D eigenvalue weighted by Crippen LogP contribution is 2.48. The van der Waals surface area contributed by atoms with Crippen molar-refractivity contribution in [2.75, 3.05) is 25.0 Å². The molecule has 0 spiro atoms. The molecule has 118 valence electrons. The summed E-state index contributed by atoms with van der Waals surface area (Å²) < 4.78 is 0. The smallest absolute Gasteiger partial charge is 0.311 e. The topological polar surface area (TPSA) is 69.6 Å². The van der Waals surface area contributed by atoms with Crippen molar-refractivity contribution in [3.63, 3.8) is 0 Å². The lowest BCUT2D eigenvalue weighted by molar-refractivity contribution is -0.149. The van der Waals surface area contributed by atoms with Crippen LogP contribution in [0.5, 0.6) is 0 Å². The number of hydrogen-bond acceptors (Lipinski definition) is 3. The number of fused-ring (bicyclic) bond motifs is 1. The Morgan fingerprint density at radius 2 is 2.09 bits per heavy atom. The molecule has 1 heterocycles. The van der Waals surface area contributed by atoms with E-state index >= 15 is 0 Å². The molecule has 5 nitrogen and oxygen atoms in total. The molecule has 3 rings (SSSR count). The zero-order valence-electron chi connectivity index (χ0n) is 12.8. The minimum absolute atomic E-state index is 0.0793. The highest BCUT2D eigenvalue weighted by Gasteiger charge is 2.54. The molecule has 0 bridgehead atoms. The Labute approximate surface area is 130 Å². The van der Waals surface area contributed by atoms with Crippen molar-refractivity contribution in [3.8, 4) is 0 Å². The van der Waals surface area contributed by atoms with Gasteiger partial charge in [0.05, 0.1) is 12.0 Å². The molecule has 2 fully saturated rings. The number of nitrogens with one attached hydrogen (secondary N) is 1. The van der Waals surface area contributed by atoms with E-state index in [1.54, 1.807) is 0 Å². The molecule has 0 radical (unpaired) electrons. The first-order valence-electron chi connectivity index (χ1n) is 7.82. The van der Waals surface area contributed by atoms with Gasteiger partial charge in [0, 0.05) is 18.8 Å². The average molecular weight is 302 g/mol. The molecule has 1 saturated carbocycles. The fourth-order valence-electron chi connectivity index (χ4n) is 3.90. The maximum atomic E-state index is 12.1. The number of carboxylic acid groups (broad SMARTS) is 1. The van der Waals surface area contributed by atoms with Crippen LogP contribution >= 0.6 is 0 Å². The van der Waals surface area contributed by atoms with E-state index in [1.165, 1.54) is 0 Å². The van der Waals surface area contributed by atoms with E-state index in [4.69, 9.17) is 0 Å². The SMILES string of the molecule is Cc1ccc(NC(=O)CN2C[C@@H]3CCC[C@@]3(C(=O)O)C2)cc1. The summed E-state index contributed by atoms with van der Waals surface area (Å²) in [5.41, 5.74) is 1.31. The lowest BCUT2D eigenvalue weighted by Crippen LogP contribution is -2.37. The number of anilines is 1. The van der Waals surface area contributed by atoms with E-state index in [0.29, 0.717) is 13.1 Å². The zero-order valence-corrected chi connectivity index (χ0v) is 12.8. The molecule has 2 aliphatic rings. The maximum Gasteiger partial charge on any atom is 0.311 e. The van der Waals surface area contributed by atoms with E-state index in [0.717, 1.165) is 30.5 Å². The second-order valence-electron chi connectivity index (χ2n) is 6.63. The van der Waals surface area contributed by atoms with Crippen molar-refractivity contribution >= 4 is 17.6 Å². The van der Waals surface area contributed by atoms with E-state index in [1.807, 2.05) is 36.1 Å². The van der Waals surface area contributed by atoms with Gasteiger partial charge in [0.25, 0.3) is 0 Å². The fraction of sp³-hybridized carbons (Fsp3) is 0.529. The summed E-state index contributed by atoms with van der Waals surface area (Å²) in [6.07, 6.45) is 2.69. The number of amides is 1. The average Bonchev–Trinajstić information content (AvgIpc) is 2.99. The summed E-state index contributed by atoms with van der Waals surface area (Å²) in [6, 6.07) is 7.67. The van der Waals surface area contributed by atoms with E-state index in [2.05, 4.69) is 5.32 Å². The molecule has 1 saturated heterocycles. The zero-order chi connectivity index (χ0) is 15.7. The fourth-order valence-corrected chi connectivity index (χ4v) is 3.90. The molecule has 0 aromatic heterocycles. The van der Waals surface area contributed by atoms with Gasteiger partial charge in [-0.1, -0.05) is 24.1 Å². The Hall–Kier alpha value is -1.88. The number of aryl methyl sites for hydroxylation is 1. The maximum absolute atomic E-state index is 12.1. The van der Waals surface area contributed by atoms with Crippen molar-refractivity contribution in [2.24, 2.45) is 11.3 Å². The predicted molar refractivity (Wildman–Crippen MR) is 83.7 cm³/mol. The molecule has 1 aromatic carbocycles. The molecule has 1 aliphatic carbocycles. The predicted octanol–water partition coefficient (Wildman–Crippen LogP) is 2.12. The molecular weight excluding hydrogens is 280 g/mol. The number of carbonyl (C=O) groups is 2. The molecule has 0 unspecified atom stereocenters. The van der Waals surface area contributed by atoms with E-state index in [9.17, 15) is 14.7 Å². The largest absolute Gasteiger partial charge is 0.481 e. The standard InChI is InChI=1S/C17H22N2O3/c1-12-4-6-14(7-5-12)18-15(20)10-19-9-13-3-2-8-17(13,11-19)16(21)22/h4-7,13H,2-3,8-11H2,1H3,(H,18,20)(H,21,22)/t13-,17+/m0/s1. The minimum atomic E-state index is -0.698. The Bertz CT molecular complexity index is 584. The number of carboxylic acids is 1. The molecule has 2 N–H and O–H groups in total. The lowest BCUT2D eigenvalue weighted by Gasteiger charge is -2.23. The van der Waals surface area contributed by atoms with Crippen LogP contribution in [0.4, 0.5) is 5.69 Å². The number of carbonyl (C=O) groups excluding carboxylic acids is 1. The molecule has 1 amide bonds. The third kappa shape index (κ3) is 2.73.